The Morgan fingerprint density at radius 2 is 2.44 bits per heavy atom. The topological polar surface area (TPSA) is 76.0 Å². The number of rotatable bonds is 1. The van der Waals surface area contributed by atoms with Gasteiger partial charge in [-0.3, -0.25) is 0 Å². The SMILES string of the molecule is O=C1N=C(C(=O)O)CO1. The number of aliphatic imine (C=N–C) groups is 1. The van der Waals surface area contributed by atoms with E-state index in [0.29, 0.717) is 0 Å². The first-order valence-electron chi connectivity index (χ1n) is 2.18. The minimum atomic E-state index is -1.21. The molecule has 0 aromatic heterocycles. The van der Waals surface area contributed by atoms with Crippen LogP contribution in [0.5, 0.6) is 0 Å². The molecule has 0 aliphatic carbocycles. The lowest BCUT2D eigenvalue weighted by molar-refractivity contribution is -0.129. The van der Waals surface area contributed by atoms with Crippen LogP contribution < -0.4 is 0 Å². The zero-order chi connectivity index (χ0) is 6.85. The van der Waals surface area contributed by atoms with Gasteiger partial charge in [0.05, 0.1) is 0 Å². The van der Waals surface area contributed by atoms with E-state index >= 15 is 0 Å². The lowest BCUT2D eigenvalue weighted by Crippen LogP contribution is -2.13. The maximum atomic E-state index is 10.1. The number of hydrogen-bond donors (Lipinski definition) is 1. The van der Waals surface area contributed by atoms with Gasteiger partial charge < -0.3 is 9.84 Å². The van der Waals surface area contributed by atoms with Crippen molar-refractivity contribution in [3.8, 4) is 0 Å². The third-order valence-electron chi connectivity index (χ3n) is 0.805. The molecule has 0 saturated heterocycles. The van der Waals surface area contributed by atoms with E-state index < -0.39 is 12.1 Å². The molecule has 0 bridgehead atoms. The molecular formula is C4H3NO4. The summed E-state index contributed by atoms with van der Waals surface area (Å²) in [6.07, 6.45) is -0.826. The Morgan fingerprint density at radius 3 is 2.67 bits per heavy atom. The lowest BCUT2D eigenvalue weighted by Gasteiger charge is -1.84. The van der Waals surface area contributed by atoms with Crippen molar-refractivity contribution in [2.75, 3.05) is 6.61 Å². The van der Waals surface area contributed by atoms with Gasteiger partial charge in [0.1, 0.15) is 6.61 Å². The van der Waals surface area contributed by atoms with Crippen LogP contribution in [0.3, 0.4) is 0 Å². The molecular weight excluding hydrogens is 126 g/mol. The number of ether oxygens (including phenoxy) is 1. The van der Waals surface area contributed by atoms with Gasteiger partial charge in [0.2, 0.25) is 0 Å². The third-order valence-corrected chi connectivity index (χ3v) is 0.805. The minimum Gasteiger partial charge on any atom is -0.477 e. The number of carbonyl (C=O) groups excluding carboxylic acids is 1. The van der Waals surface area contributed by atoms with Crippen LogP contribution in [0.25, 0.3) is 0 Å². The summed E-state index contributed by atoms with van der Waals surface area (Å²) in [7, 11) is 0. The molecule has 5 nitrogen and oxygen atoms in total. The summed E-state index contributed by atoms with van der Waals surface area (Å²) in [6, 6.07) is 0. The average molecular weight is 129 g/mol. The van der Waals surface area contributed by atoms with E-state index in [1.165, 1.54) is 0 Å². The number of cyclic esters (lactones) is 1. The number of aliphatic carboxylic acids is 1. The van der Waals surface area contributed by atoms with E-state index in [-0.39, 0.29) is 12.3 Å². The maximum absolute atomic E-state index is 10.1. The van der Waals surface area contributed by atoms with Gasteiger partial charge in [-0.25, -0.2) is 9.59 Å². The van der Waals surface area contributed by atoms with Gasteiger partial charge in [0.25, 0.3) is 0 Å². The largest absolute Gasteiger partial charge is 0.477 e. The zero-order valence-electron chi connectivity index (χ0n) is 4.33. The molecule has 0 fully saturated rings. The first-order valence-corrected chi connectivity index (χ1v) is 2.18. The van der Waals surface area contributed by atoms with Gasteiger partial charge in [-0.2, -0.15) is 4.99 Å². The molecule has 1 aliphatic heterocycles. The van der Waals surface area contributed by atoms with Crippen LogP contribution in [0.2, 0.25) is 0 Å². The van der Waals surface area contributed by atoms with Crippen LogP contribution in [0.4, 0.5) is 4.79 Å². The fourth-order valence-electron chi connectivity index (χ4n) is 0.414. The Hall–Kier alpha value is -1.39. The van der Waals surface area contributed by atoms with Crippen LogP contribution in [0.1, 0.15) is 0 Å². The molecule has 0 aromatic carbocycles. The van der Waals surface area contributed by atoms with Crippen molar-refractivity contribution in [1.82, 2.24) is 0 Å². The molecule has 48 valence electrons. The summed E-state index contributed by atoms with van der Waals surface area (Å²) < 4.78 is 4.20. The molecule has 0 atom stereocenters. The van der Waals surface area contributed by atoms with E-state index in [1.54, 1.807) is 0 Å². The second-order valence-corrected chi connectivity index (χ2v) is 1.42. The highest BCUT2D eigenvalue weighted by Gasteiger charge is 2.20. The number of hydrogen-bond acceptors (Lipinski definition) is 3. The van der Waals surface area contributed by atoms with Crippen molar-refractivity contribution in [2.24, 2.45) is 4.99 Å². The van der Waals surface area contributed by atoms with Crippen molar-refractivity contribution in [2.45, 2.75) is 0 Å². The Bertz CT molecular complexity index is 195. The second-order valence-electron chi connectivity index (χ2n) is 1.42. The highest BCUT2D eigenvalue weighted by Crippen LogP contribution is 1.96. The summed E-state index contributed by atoms with van der Waals surface area (Å²) in [5.41, 5.74) is -0.236. The van der Waals surface area contributed by atoms with Crippen molar-refractivity contribution in [3.63, 3.8) is 0 Å². The smallest absolute Gasteiger partial charge is 0.434 e. The van der Waals surface area contributed by atoms with Gasteiger partial charge in [0, 0.05) is 0 Å². The summed E-state index contributed by atoms with van der Waals surface area (Å²) in [5.74, 6) is -1.21. The standard InChI is InChI=1S/C4H3NO4/c6-3(7)2-1-9-4(8)5-2/h1H2,(H,6,7). The van der Waals surface area contributed by atoms with Crippen molar-refractivity contribution in [1.29, 1.82) is 0 Å². The average Bonchev–Trinajstić information content (AvgIpc) is 2.14. The highest BCUT2D eigenvalue weighted by molar-refractivity contribution is 6.39. The molecule has 0 saturated carbocycles. The van der Waals surface area contributed by atoms with Crippen LogP contribution in [0.15, 0.2) is 4.99 Å². The van der Waals surface area contributed by atoms with E-state index in [0.717, 1.165) is 0 Å². The number of amides is 1. The van der Waals surface area contributed by atoms with Crippen molar-refractivity contribution in [3.05, 3.63) is 0 Å². The van der Waals surface area contributed by atoms with Crippen LogP contribution >= 0.6 is 0 Å². The van der Waals surface area contributed by atoms with Gasteiger partial charge in [-0.1, -0.05) is 0 Å². The first kappa shape index (κ1) is 5.74. The number of carbonyl (C=O) groups is 2. The van der Waals surface area contributed by atoms with Gasteiger partial charge in [-0.15, -0.1) is 0 Å². The molecule has 9 heavy (non-hydrogen) atoms. The first-order chi connectivity index (χ1) is 4.20. The molecule has 1 rings (SSSR count). The van der Waals surface area contributed by atoms with Crippen LogP contribution in [-0.4, -0.2) is 29.5 Å². The lowest BCUT2D eigenvalue weighted by atomic mass is 10.4. The number of carboxylic acids is 1. The van der Waals surface area contributed by atoms with E-state index in [2.05, 4.69) is 9.73 Å². The Labute approximate surface area is 50.0 Å². The van der Waals surface area contributed by atoms with Crippen molar-refractivity contribution < 1.29 is 19.4 Å². The Kier molecular flexibility index (Phi) is 1.18. The maximum Gasteiger partial charge on any atom is 0.434 e. The molecule has 5 heteroatoms. The molecule has 1 N–H and O–H groups in total. The second kappa shape index (κ2) is 1.85. The summed E-state index contributed by atoms with van der Waals surface area (Å²) >= 11 is 0. The fourth-order valence-corrected chi connectivity index (χ4v) is 0.414. The number of nitrogens with zero attached hydrogens (tertiary/aromatic N) is 1. The van der Waals surface area contributed by atoms with Crippen LogP contribution in [-0.2, 0) is 9.53 Å². The molecule has 0 spiro atoms. The van der Waals surface area contributed by atoms with Gasteiger partial charge >= 0.3 is 12.1 Å². The van der Waals surface area contributed by atoms with E-state index in [1.807, 2.05) is 0 Å². The Morgan fingerprint density at radius 1 is 1.78 bits per heavy atom. The predicted molar refractivity (Wildman–Crippen MR) is 26.4 cm³/mol. The zero-order valence-corrected chi connectivity index (χ0v) is 4.33. The van der Waals surface area contributed by atoms with E-state index in [4.69, 9.17) is 5.11 Å². The molecule has 0 unspecified atom stereocenters. The fraction of sp³-hybridized carbons (Fsp3) is 0.250. The van der Waals surface area contributed by atoms with Crippen molar-refractivity contribution >= 4 is 17.8 Å². The molecule has 1 amide bonds. The van der Waals surface area contributed by atoms with Gasteiger partial charge in [-0.05, 0) is 0 Å². The third kappa shape index (κ3) is 1.04. The molecule has 1 heterocycles. The minimum absolute atomic E-state index is 0.214. The molecule has 1 aliphatic rings. The highest BCUT2D eigenvalue weighted by atomic mass is 16.6. The molecule has 0 radical (unpaired) electrons. The summed E-state index contributed by atoms with van der Waals surface area (Å²) in [6.45, 7) is -0.214. The van der Waals surface area contributed by atoms with Gasteiger partial charge in [0.15, 0.2) is 5.71 Å². The number of carboxylic acid groups (broad SMARTS) is 1. The van der Waals surface area contributed by atoms with E-state index in [9.17, 15) is 9.59 Å². The Balaban J connectivity index is 2.74. The quantitative estimate of drug-likeness (QED) is 0.525. The van der Waals surface area contributed by atoms with Crippen LogP contribution in [0, 0.1) is 0 Å². The predicted octanol–water partition coefficient (Wildman–Crippen LogP) is -0.338. The summed E-state index contributed by atoms with van der Waals surface area (Å²) in [5, 5.41) is 8.17. The molecule has 0 aromatic rings. The monoisotopic (exact) mass is 129 g/mol. The normalized spacial score (nSPS) is 16.9. The summed E-state index contributed by atoms with van der Waals surface area (Å²) in [4.78, 5) is 23.1.